The van der Waals surface area contributed by atoms with E-state index in [0.29, 0.717) is 0 Å². The number of nitrogens with one attached hydrogen (secondary N) is 1. The van der Waals surface area contributed by atoms with E-state index in [1.807, 2.05) is 29.8 Å². The summed E-state index contributed by atoms with van der Waals surface area (Å²) in [6.07, 6.45) is 6.65. The van der Waals surface area contributed by atoms with E-state index < -0.39 is 0 Å². The van der Waals surface area contributed by atoms with E-state index >= 15 is 0 Å². The lowest BCUT2D eigenvalue weighted by Gasteiger charge is -2.12. The monoisotopic (exact) mass is 350 g/mol. The number of rotatable bonds is 4. The molecule has 4 heterocycles. The summed E-state index contributed by atoms with van der Waals surface area (Å²) in [6, 6.07) is 6.08. The topological polar surface area (TPSA) is 75.9 Å². The summed E-state index contributed by atoms with van der Waals surface area (Å²) in [6.45, 7) is 3.89. The second-order valence-electron chi connectivity index (χ2n) is 6.94. The maximum Gasteiger partial charge on any atom is 0.226 e. The second kappa shape index (κ2) is 6.84. The molecule has 1 aliphatic rings. The highest BCUT2D eigenvalue weighted by molar-refractivity contribution is 5.83. The number of pyridine rings is 2. The zero-order valence-corrected chi connectivity index (χ0v) is 15.0. The van der Waals surface area contributed by atoms with Crippen molar-refractivity contribution in [3.8, 4) is 5.69 Å². The van der Waals surface area contributed by atoms with E-state index in [9.17, 15) is 4.79 Å². The normalized spacial score (nSPS) is 17.7. The molecule has 0 bridgehead atoms. The number of aryl methyl sites for hydroxylation is 1. The fourth-order valence-electron chi connectivity index (χ4n) is 3.43. The van der Waals surface area contributed by atoms with E-state index in [1.54, 1.807) is 18.6 Å². The molecule has 0 saturated carbocycles. The second-order valence-corrected chi connectivity index (χ2v) is 6.94. The van der Waals surface area contributed by atoms with Gasteiger partial charge in [-0.25, -0.2) is 4.68 Å². The smallest absolute Gasteiger partial charge is 0.226 e. The molecule has 1 amide bonds. The van der Waals surface area contributed by atoms with Crippen molar-refractivity contribution in [2.75, 3.05) is 20.1 Å². The molecule has 0 unspecified atom stereocenters. The molecule has 3 aromatic rings. The van der Waals surface area contributed by atoms with Crippen LogP contribution in [0.15, 0.2) is 36.8 Å². The van der Waals surface area contributed by atoms with E-state index in [1.165, 1.54) is 0 Å². The van der Waals surface area contributed by atoms with Crippen LogP contribution in [0.4, 0.5) is 0 Å². The first-order valence-electron chi connectivity index (χ1n) is 8.82. The van der Waals surface area contributed by atoms with Crippen LogP contribution in [0.1, 0.15) is 17.8 Å². The standard InChI is InChI=1S/C19H22N6O/c1-13-7-17(3-5-20-13)25-18-11-21-16(8-14(18)10-22-25)9-19(26)23-15-4-6-24(2)12-15/h3,5,7-8,10-11,15H,4,6,9,12H2,1-2H3,(H,23,26)/t15-/m1/s1. The van der Waals surface area contributed by atoms with Gasteiger partial charge >= 0.3 is 0 Å². The number of likely N-dealkylation sites (tertiary alicyclic amines) is 1. The van der Waals surface area contributed by atoms with Crippen LogP contribution >= 0.6 is 0 Å². The highest BCUT2D eigenvalue weighted by Gasteiger charge is 2.21. The summed E-state index contributed by atoms with van der Waals surface area (Å²) in [5, 5.41) is 8.53. The number of carbonyl (C=O) groups is 1. The Labute approximate surface area is 152 Å². The number of likely N-dealkylation sites (N-methyl/N-ethyl adjacent to an activating group) is 1. The van der Waals surface area contributed by atoms with Crippen molar-refractivity contribution in [1.82, 2.24) is 30.0 Å². The van der Waals surface area contributed by atoms with Crippen LogP contribution in [0.3, 0.4) is 0 Å². The fourth-order valence-corrected chi connectivity index (χ4v) is 3.43. The molecule has 7 heteroatoms. The third-order valence-electron chi connectivity index (χ3n) is 4.73. The molecule has 0 spiro atoms. The Bertz CT molecular complexity index is 950. The molecule has 26 heavy (non-hydrogen) atoms. The Morgan fingerprint density at radius 1 is 1.31 bits per heavy atom. The highest BCUT2D eigenvalue weighted by Crippen LogP contribution is 2.18. The first-order chi connectivity index (χ1) is 12.6. The van der Waals surface area contributed by atoms with E-state index in [0.717, 1.165) is 47.5 Å². The van der Waals surface area contributed by atoms with Crippen LogP contribution in [0.25, 0.3) is 16.6 Å². The van der Waals surface area contributed by atoms with Crippen LogP contribution < -0.4 is 5.32 Å². The Kier molecular flexibility index (Phi) is 4.38. The molecular formula is C19H22N6O. The maximum absolute atomic E-state index is 12.3. The largest absolute Gasteiger partial charge is 0.352 e. The van der Waals surface area contributed by atoms with Crippen molar-refractivity contribution in [1.29, 1.82) is 0 Å². The average Bonchev–Trinajstić information content (AvgIpc) is 3.20. The Morgan fingerprint density at radius 2 is 2.19 bits per heavy atom. The molecule has 3 aromatic heterocycles. The van der Waals surface area contributed by atoms with Gasteiger partial charge in [-0.05, 0) is 45.1 Å². The van der Waals surface area contributed by atoms with E-state index in [-0.39, 0.29) is 18.4 Å². The van der Waals surface area contributed by atoms with Gasteiger partial charge in [0.05, 0.1) is 35.7 Å². The Balaban J connectivity index is 1.51. The molecule has 0 radical (unpaired) electrons. The molecule has 0 aromatic carbocycles. The highest BCUT2D eigenvalue weighted by atomic mass is 16.1. The van der Waals surface area contributed by atoms with Crippen LogP contribution in [0, 0.1) is 6.92 Å². The van der Waals surface area contributed by atoms with Crippen LogP contribution in [-0.2, 0) is 11.2 Å². The molecule has 0 aliphatic carbocycles. The third-order valence-corrected chi connectivity index (χ3v) is 4.73. The predicted octanol–water partition coefficient (Wildman–Crippen LogP) is 1.49. The number of hydrogen-bond donors (Lipinski definition) is 1. The van der Waals surface area contributed by atoms with Crippen molar-refractivity contribution >= 4 is 16.8 Å². The zero-order chi connectivity index (χ0) is 18.1. The maximum atomic E-state index is 12.3. The molecule has 1 saturated heterocycles. The van der Waals surface area contributed by atoms with Gasteiger partial charge in [0.25, 0.3) is 0 Å². The number of fused-ring (bicyclic) bond motifs is 1. The Hall–Kier alpha value is -2.80. The SMILES string of the molecule is Cc1cc(-n2ncc3cc(CC(=O)N[C@@H]4CCN(C)C4)ncc32)ccn1. The lowest BCUT2D eigenvalue weighted by Crippen LogP contribution is -2.37. The van der Waals surface area contributed by atoms with Crippen LogP contribution in [-0.4, -0.2) is 56.7 Å². The zero-order valence-electron chi connectivity index (χ0n) is 15.0. The molecule has 1 aliphatic heterocycles. The number of amides is 1. The summed E-state index contributed by atoms with van der Waals surface area (Å²) in [5.74, 6) is 0.0225. The van der Waals surface area contributed by atoms with Gasteiger partial charge in [0.2, 0.25) is 5.91 Å². The van der Waals surface area contributed by atoms with Crippen molar-refractivity contribution in [2.45, 2.75) is 25.8 Å². The minimum Gasteiger partial charge on any atom is -0.352 e. The van der Waals surface area contributed by atoms with E-state index in [2.05, 4.69) is 32.3 Å². The molecule has 134 valence electrons. The number of aromatic nitrogens is 4. The number of carbonyl (C=O) groups excluding carboxylic acids is 1. The summed E-state index contributed by atoms with van der Waals surface area (Å²) < 4.78 is 1.84. The first kappa shape index (κ1) is 16.7. The molecule has 1 N–H and O–H groups in total. The van der Waals surface area contributed by atoms with Crippen molar-refractivity contribution in [3.63, 3.8) is 0 Å². The van der Waals surface area contributed by atoms with Gasteiger partial charge < -0.3 is 10.2 Å². The molecule has 1 fully saturated rings. The summed E-state index contributed by atoms with van der Waals surface area (Å²) in [7, 11) is 2.07. The average molecular weight is 350 g/mol. The third kappa shape index (κ3) is 3.43. The van der Waals surface area contributed by atoms with Crippen molar-refractivity contribution in [3.05, 3.63) is 48.2 Å². The Morgan fingerprint density at radius 3 is 2.96 bits per heavy atom. The minimum atomic E-state index is 0.0225. The fraction of sp³-hybridized carbons (Fsp3) is 0.368. The van der Waals surface area contributed by atoms with Gasteiger partial charge in [0.1, 0.15) is 0 Å². The number of nitrogens with zero attached hydrogens (tertiary/aromatic N) is 5. The quantitative estimate of drug-likeness (QED) is 0.771. The van der Waals surface area contributed by atoms with Crippen molar-refractivity contribution < 1.29 is 4.79 Å². The van der Waals surface area contributed by atoms with E-state index in [4.69, 9.17) is 0 Å². The van der Waals surface area contributed by atoms with Gasteiger partial charge in [0.15, 0.2) is 0 Å². The van der Waals surface area contributed by atoms with Gasteiger partial charge in [0, 0.05) is 29.9 Å². The van der Waals surface area contributed by atoms with Crippen LogP contribution in [0.5, 0.6) is 0 Å². The van der Waals surface area contributed by atoms with Crippen molar-refractivity contribution in [2.24, 2.45) is 0 Å². The predicted molar refractivity (Wildman–Crippen MR) is 99.1 cm³/mol. The molecule has 1 atom stereocenters. The summed E-state index contributed by atoms with van der Waals surface area (Å²) in [5.41, 5.74) is 3.55. The van der Waals surface area contributed by atoms with Gasteiger partial charge in [-0.15, -0.1) is 0 Å². The van der Waals surface area contributed by atoms with Gasteiger partial charge in [-0.1, -0.05) is 0 Å². The lowest BCUT2D eigenvalue weighted by atomic mass is 10.2. The lowest BCUT2D eigenvalue weighted by molar-refractivity contribution is -0.121. The molecular weight excluding hydrogens is 328 g/mol. The van der Waals surface area contributed by atoms with Gasteiger partial charge in [-0.2, -0.15) is 5.10 Å². The first-order valence-corrected chi connectivity index (χ1v) is 8.82. The minimum absolute atomic E-state index is 0.0225. The van der Waals surface area contributed by atoms with Crippen LogP contribution in [0.2, 0.25) is 0 Å². The summed E-state index contributed by atoms with van der Waals surface area (Å²) >= 11 is 0. The van der Waals surface area contributed by atoms with Gasteiger partial charge in [-0.3, -0.25) is 14.8 Å². The molecule has 7 nitrogen and oxygen atoms in total. The summed E-state index contributed by atoms with van der Waals surface area (Å²) in [4.78, 5) is 23.2. The molecule has 4 rings (SSSR count). The number of hydrogen-bond acceptors (Lipinski definition) is 5.